The van der Waals surface area contributed by atoms with Crippen LogP contribution < -0.4 is 25.2 Å². The Hall–Kier alpha value is -2.20. The molecular formula is C22H19NO7P2S4. The number of ether oxygens (including phenoxy) is 2. The first-order valence-electron chi connectivity index (χ1n) is 10.1. The predicted molar refractivity (Wildman–Crippen MR) is 153 cm³/mol. The largest absolute Gasteiger partial charge is 0.507 e. The SMILES string of the molecule is COC(=O)N(Oc1ccc(P2(=S)SP(=S)(c3ccc(OC)cc3)S2)cc1)c1ccc(C(=O)O)c(O)c1. The van der Waals surface area contributed by atoms with Crippen LogP contribution in [-0.4, -0.2) is 36.5 Å². The molecule has 8 nitrogen and oxygen atoms in total. The van der Waals surface area contributed by atoms with E-state index in [1.165, 1.54) is 19.2 Å². The Labute approximate surface area is 224 Å². The number of aromatic carboxylic acids is 1. The Balaban J connectivity index is 1.50. The van der Waals surface area contributed by atoms with Crippen LogP contribution in [0.25, 0.3) is 0 Å². The molecule has 0 spiro atoms. The number of amides is 1. The van der Waals surface area contributed by atoms with E-state index in [1.807, 2.05) is 36.4 Å². The van der Waals surface area contributed by atoms with Gasteiger partial charge in [0.05, 0.1) is 28.8 Å². The van der Waals surface area contributed by atoms with Crippen molar-refractivity contribution in [2.24, 2.45) is 0 Å². The maximum Gasteiger partial charge on any atom is 0.447 e. The second-order valence-corrected chi connectivity index (χ2v) is 28.5. The Morgan fingerprint density at radius 3 is 1.83 bits per heavy atom. The minimum atomic E-state index is -1.98. The molecule has 1 heterocycles. The van der Waals surface area contributed by atoms with E-state index in [0.29, 0.717) is 5.75 Å². The zero-order valence-corrected chi connectivity index (χ0v) is 23.8. The third-order valence-corrected chi connectivity index (χ3v) is 36.2. The number of hydrogen-bond donors (Lipinski definition) is 2. The monoisotopic (exact) mass is 599 g/mol. The van der Waals surface area contributed by atoms with E-state index in [4.69, 9.17) is 43.0 Å². The first-order valence-corrected chi connectivity index (χ1v) is 19.7. The Morgan fingerprint density at radius 2 is 1.39 bits per heavy atom. The summed E-state index contributed by atoms with van der Waals surface area (Å²) in [6.45, 7) is 0. The average molecular weight is 600 g/mol. The number of methoxy groups -OCH3 is 2. The molecule has 0 bridgehead atoms. The highest BCUT2D eigenvalue weighted by molar-refractivity contribution is 9.48. The molecule has 0 aromatic heterocycles. The lowest BCUT2D eigenvalue weighted by Crippen LogP contribution is -2.34. The van der Waals surface area contributed by atoms with Gasteiger partial charge < -0.3 is 24.5 Å². The van der Waals surface area contributed by atoms with Crippen molar-refractivity contribution < 1.29 is 34.1 Å². The molecule has 3 aromatic carbocycles. The Bertz CT molecular complexity index is 1400. The van der Waals surface area contributed by atoms with Crippen LogP contribution in [0.15, 0.2) is 66.7 Å². The van der Waals surface area contributed by atoms with E-state index >= 15 is 0 Å². The van der Waals surface area contributed by atoms with Gasteiger partial charge >= 0.3 is 12.1 Å². The summed E-state index contributed by atoms with van der Waals surface area (Å²) in [6, 6.07) is 18.5. The van der Waals surface area contributed by atoms with Crippen LogP contribution in [-0.2, 0) is 28.4 Å². The lowest BCUT2D eigenvalue weighted by molar-refractivity contribution is 0.0693. The van der Waals surface area contributed by atoms with Crippen molar-refractivity contribution in [2.45, 2.75) is 0 Å². The Kier molecular flexibility index (Phi) is 7.95. The summed E-state index contributed by atoms with van der Waals surface area (Å²) in [6.07, 6.45) is -0.862. The van der Waals surface area contributed by atoms with Crippen LogP contribution in [0.5, 0.6) is 17.2 Å². The summed E-state index contributed by atoms with van der Waals surface area (Å²) < 4.78 is 6.14. The molecule has 0 radical (unpaired) electrons. The number of carbonyl (C=O) groups is 2. The van der Waals surface area contributed by atoms with Gasteiger partial charge in [0, 0.05) is 16.7 Å². The first-order chi connectivity index (χ1) is 17.1. The molecule has 1 fully saturated rings. The highest BCUT2D eigenvalue weighted by Crippen LogP contribution is 3.04. The predicted octanol–water partition coefficient (Wildman–Crippen LogP) is 5.72. The van der Waals surface area contributed by atoms with Crippen LogP contribution >= 0.6 is 30.9 Å². The number of anilines is 1. The topological polar surface area (TPSA) is 106 Å². The van der Waals surface area contributed by atoms with Crippen LogP contribution in [0.2, 0.25) is 0 Å². The van der Waals surface area contributed by atoms with Gasteiger partial charge in [0.1, 0.15) is 17.1 Å². The summed E-state index contributed by atoms with van der Waals surface area (Å²) in [4.78, 5) is 29.2. The minimum Gasteiger partial charge on any atom is -0.507 e. The van der Waals surface area contributed by atoms with Gasteiger partial charge in [-0.2, -0.15) is 0 Å². The van der Waals surface area contributed by atoms with Crippen molar-refractivity contribution in [3.8, 4) is 17.2 Å². The molecule has 1 aliphatic heterocycles. The van der Waals surface area contributed by atoms with Crippen LogP contribution in [0, 0.1) is 0 Å². The summed E-state index contributed by atoms with van der Waals surface area (Å²) in [7, 11) is 2.80. The lowest BCUT2D eigenvalue weighted by Gasteiger charge is -2.40. The van der Waals surface area contributed by atoms with Gasteiger partial charge in [-0.3, -0.25) is 0 Å². The molecule has 4 rings (SSSR count). The van der Waals surface area contributed by atoms with Gasteiger partial charge in [-0.05, 0) is 60.7 Å². The van der Waals surface area contributed by atoms with Gasteiger partial charge in [0.15, 0.2) is 5.75 Å². The van der Waals surface area contributed by atoms with Crippen molar-refractivity contribution in [3.05, 3.63) is 72.3 Å². The number of rotatable bonds is 7. The third-order valence-electron chi connectivity index (χ3n) is 4.95. The summed E-state index contributed by atoms with van der Waals surface area (Å²) >= 11 is 15.3. The third kappa shape index (κ3) is 5.39. The molecule has 3 aromatic rings. The fourth-order valence-corrected chi connectivity index (χ4v) is 45.4. The van der Waals surface area contributed by atoms with E-state index in [1.54, 1.807) is 41.2 Å². The molecule has 1 amide bonds. The van der Waals surface area contributed by atoms with Crippen LogP contribution in [0.4, 0.5) is 10.5 Å². The number of hydrogen-bond acceptors (Lipinski definition) is 10. The van der Waals surface area contributed by atoms with Crippen molar-refractivity contribution in [3.63, 3.8) is 0 Å². The number of aromatic hydroxyl groups is 1. The molecule has 14 heteroatoms. The van der Waals surface area contributed by atoms with Crippen molar-refractivity contribution >= 4 is 82.9 Å². The quantitative estimate of drug-likeness (QED) is 0.258. The fourth-order valence-electron chi connectivity index (χ4n) is 3.14. The maximum atomic E-state index is 12.3. The van der Waals surface area contributed by atoms with Gasteiger partial charge in [-0.1, -0.05) is 45.6 Å². The van der Waals surface area contributed by atoms with E-state index < -0.39 is 26.7 Å². The fraction of sp³-hybridized carbons (Fsp3) is 0.0909. The average Bonchev–Trinajstić information content (AvgIpc) is 2.86. The molecule has 2 N–H and O–H groups in total. The van der Waals surface area contributed by atoms with E-state index in [2.05, 4.69) is 0 Å². The molecule has 0 atom stereocenters. The number of phenols is 1. The number of carboxylic acid groups (broad SMARTS) is 1. The van der Waals surface area contributed by atoms with E-state index in [-0.39, 0.29) is 11.3 Å². The summed E-state index contributed by atoms with van der Waals surface area (Å²) in [5.41, 5.74) is -0.218. The van der Waals surface area contributed by atoms with E-state index in [0.717, 1.165) is 27.5 Å². The van der Waals surface area contributed by atoms with Crippen molar-refractivity contribution in [1.29, 1.82) is 0 Å². The first kappa shape index (κ1) is 26.9. The smallest absolute Gasteiger partial charge is 0.447 e. The second kappa shape index (κ2) is 10.7. The highest BCUT2D eigenvalue weighted by Gasteiger charge is 2.45. The van der Waals surface area contributed by atoms with Crippen LogP contribution in [0.3, 0.4) is 0 Å². The second-order valence-electron chi connectivity index (χ2n) is 7.21. The van der Waals surface area contributed by atoms with Crippen molar-refractivity contribution in [1.82, 2.24) is 0 Å². The number of hydroxylamine groups is 1. The number of nitrogens with zero attached hydrogens (tertiary/aromatic N) is 1. The Morgan fingerprint density at radius 1 is 0.861 bits per heavy atom. The van der Waals surface area contributed by atoms with Gasteiger partial charge in [0.25, 0.3) is 0 Å². The number of carbonyl (C=O) groups excluding carboxylic acids is 1. The van der Waals surface area contributed by atoms with Crippen LogP contribution in [0.1, 0.15) is 10.4 Å². The standard InChI is InChI=1S/C22H19NO7P2S4/c1-28-15-4-8-17(9-5-15)31(33)35-32(34,36-31)18-10-6-16(7-11-18)30-23(22(27)29-2)14-3-12-19(21(25)26)20(24)13-14/h3-13,24H,1-2H3,(H,25,26). The molecule has 1 aliphatic rings. The molecule has 1 saturated heterocycles. The molecule has 0 unspecified atom stereocenters. The molecule has 0 saturated carbocycles. The van der Waals surface area contributed by atoms with E-state index in [9.17, 15) is 14.7 Å². The highest BCUT2D eigenvalue weighted by atomic mass is 33.7. The minimum absolute atomic E-state index is 0.0888. The number of benzene rings is 3. The maximum absolute atomic E-state index is 12.3. The zero-order valence-electron chi connectivity index (χ0n) is 18.8. The van der Waals surface area contributed by atoms with Gasteiger partial charge in [0.2, 0.25) is 0 Å². The molecular weight excluding hydrogens is 580 g/mol. The lowest BCUT2D eigenvalue weighted by atomic mass is 10.2. The molecule has 0 aliphatic carbocycles. The summed E-state index contributed by atoms with van der Waals surface area (Å²) in [5.74, 6) is -0.722. The normalized spacial score (nSPS) is 20.6. The zero-order chi connectivity index (χ0) is 26.1. The number of carboxylic acids is 1. The summed E-state index contributed by atoms with van der Waals surface area (Å²) in [5, 5.41) is 22.0. The van der Waals surface area contributed by atoms with Crippen molar-refractivity contribution in [2.75, 3.05) is 19.3 Å². The molecule has 36 heavy (non-hydrogen) atoms. The van der Waals surface area contributed by atoms with Gasteiger partial charge in [-0.25, -0.2) is 9.59 Å². The molecule has 188 valence electrons. The van der Waals surface area contributed by atoms with Gasteiger partial charge in [-0.15, -0.1) is 5.06 Å².